The fraction of sp³-hybridized carbons (Fsp3) is 0.778. The second-order valence-electron chi connectivity index (χ2n) is 3.41. The van der Waals surface area contributed by atoms with E-state index in [0.29, 0.717) is 11.6 Å². The number of hydrogen-bond donors (Lipinski definition) is 2. The first-order chi connectivity index (χ1) is 6.65. The molecule has 0 heterocycles. The minimum absolute atomic E-state index is 0.0616. The molecule has 0 bridgehead atoms. The average molecular weight is 216 g/mol. The van der Waals surface area contributed by atoms with Crippen LogP contribution in [0, 0.1) is 5.92 Å². The maximum atomic E-state index is 11.1. The largest absolute Gasteiger partial charge is 0.450 e. The molecule has 1 fully saturated rings. The zero-order valence-electron chi connectivity index (χ0n) is 8.29. The lowest BCUT2D eigenvalue weighted by atomic mass is 10.0. The van der Waals surface area contributed by atoms with Crippen molar-refractivity contribution >= 4 is 23.3 Å². The normalized spacial score (nSPS) is 25.8. The lowest BCUT2D eigenvalue weighted by Crippen LogP contribution is -2.41. The minimum Gasteiger partial charge on any atom is -0.450 e. The Hall–Kier alpha value is -0.840. The van der Waals surface area contributed by atoms with Gasteiger partial charge in [0.1, 0.15) is 0 Å². The fourth-order valence-corrected chi connectivity index (χ4v) is 2.08. The summed E-state index contributed by atoms with van der Waals surface area (Å²) in [6, 6.07) is 0.0616. The van der Waals surface area contributed by atoms with Gasteiger partial charge < -0.3 is 15.8 Å². The molecule has 5 heteroatoms. The van der Waals surface area contributed by atoms with Crippen LogP contribution in [-0.2, 0) is 4.74 Å². The molecule has 14 heavy (non-hydrogen) atoms. The summed E-state index contributed by atoms with van der Waals surface area (Å²) in [5, 5.41) is 2.78. The molecule has 1 aliphatic rings. The van der Waals surface area contributed by atoms with Crippen molar-refractivity contribution in [3.8, 4) is 0 Å². The lowest BCUT2D eigenvalue weighted by molar-refractivity contribution is 0.147. The van der Waals surface area contributed by atoms with E-state index in [0.717, 1.165) is 19.3 Å². The molecule has 0 aliphatic heterocycles. The Morgan fingerprint density at radius 1 is 1.64 bits per heavy atom. The van der Waals surface area contributed by atoms with Crippen LogP contribution < -0.4 is 11.1 Å². The van der Waals surface area contributed by atoms with Gasteiger partial charge in [0.05, 0.1) is 11.6 Å². The van der Waals surface area contributed by atoms with Gasteiger partial charge in [0.15, 0.2) is 0 Å². The standard InChI is InChI=1S/C9H16N2O2S/c1-2-13-9(12)11-7-5-3-4-6(7)8(10)14/h6-7H,2-5H2,1H3,(H2,10,14)(H,11,12). The first-order valence-corrected chi connectivity index (χ1v) is 5.28. The van der Waals surface area contributed by atoms with E-state index in [-0.39, 0.29) is 18.1 Å². The summed E-state index contributed by atoms with van der Waals surface area (Å²) in [5.74, 6) is 0.134. The monoisotopic (exact) mass is 216 g/mol. The predicted octanol–water partition coefficient (Wildman–Crippen LogP) is 1.19. The first kappa shape index (κ1) is 11.2. The second-order valence-corrected chi connectivity index (χ2v) is 3.88. The van der Waals surface area contributed by atoms with Crippen molar-refractivity contribution in [3.63, 3.8) is 0 Å². The van der Waals surface area contributed by atoms with E-state index >= 15 is 0 Å². The van der Waals surface area contributed by atoms with Gasteiger partial charge in [-0.1, -0.05) is 18.6 Å². The van der Waals surface area contributed by atoms with Crippen LogP contribution in [0.3, 0.4) is 0 Å². The second kappa shape index (κ2) is 5.14. The number of thiocarbonyl (C=S) groups is 1. The topological polar surface area (TPSA) is 64.3 Å². The van der Waals surface area contributed by atoms with Gasteiger partial charge in [-0.15, -0.1) is 0 Å². The molecule has 0 aromatic rings. The Kier molecular flexibility index (Phi) is 4.13. The number of carbonyl (C=O) groups excluding carboxylic acids is 1. The van der Waals surface area contributed by atoms with E-state index < -0.39 is 0 Å². The molecule has 4 nitrogen and oxygen atoms in total. The van der Waals surface area contributed by atoms with E-state index in [2.05, 4.69) is 5.32 Å². The van der Waals surface area contributed by atoms with Crippen LogP contribution in [0.5, 0.6) is 0 Å². The van der Waals surface area contributed by atoms with Crippen LogP contribution in [0.4, 0.5) is 4.79 Å². The fourth-order valence-electron chi connectivity index (χ4n) is 1.80. The van der Waals surface area contributed by atoms with Crippen LogP contribution in [0.2, 0.25) is 0 Å². The van der Waals surface area contributed by atoms with E-state index in [1.807, 2.05) is 0 Å². The summed E-state index contributed by atoms with van der Waals surface area (Å²) < 4.78 is 4.80. The van der Waals surface area contributed by atoms with Crippen molar-refractivity contribution in [1.29, 1.82) is 0 Å². The first-order valence-electron chi connectivity index (χ1n) is 4.87. The number of nitrogens with two attached hydrogens (primary N) is 1. The Morgan fingerprint density at radius 3 is 2.93 bits per heavy atom. The van der Waals surface area contributed by atoms with Crippen LogP contribution in [0.15, 0.2) is 0 Å². The van der Waals surface area contributed by atoms with Crippen molar-refractivity contribution in [2.24, 2.45) is 11.7 Å². The van der Waals surface area contributed by atoms with Crippen LogP contribution in [0.25, 0.3) is 0 Å². The van der Waals surface area contributed by atoms with Crippen molar-refractivity contribution in [2.45, 2.75) is 32.2 Å². The Morgan fingerprint density at radius 2 is 2.36 bits per heavy atom. The number of hydrogen-bond acceptors (Lipinski definition) is 3. The Bertz CT molecular complexity index is 233. The van der Waals surface area contributed by atoms with Gasteiger partial charge in [-0.05, 0) is 19.8 Å². The SMILES string of the molecule is CCOC(=O)NC1CCCC1C(N)=S. The van der Waals surface area contributed by atoms with E-state index in [1.54, 1.807) is 6.92 Å². The summed E-state index contributed by atoms with van der Waals surface area (Å²) >= 11 is 4.94. The number of rotatable bonds is 3. The van der Waals surface area contributed by atoms with E-state index in [9.17, 15) is 4.79 Å². The lowest BCUT2D eigenvalue weighted by Gasteiger charge is -2.19. The predicted molar refractivity (Wildman–Crippen MR) is 58.1 cm³/mol. The zero-order chi connectivity index (χ0) is 10.6. The molecule has 0 saturated heterocycles. The number of nitrogens with one attached hydrogen (secondary N) is 1. The van der Waals surface area contributed by atoms with Crippen molar-refractivity contribution in [2.75, 3.05) is 6.61 Å². The molecule has 3 N–H and O–H groups in total. The maximum Gasteiger partial charge on any atom is 0.407 e. The molecule has 80 valence electrons. The van der Waals surface area contributed by atoms with Crippen molar-refractivity contribution in [3.05, 3.63) is 0 Å². The van der Waals surface area contributed by atoms with Gasteiger partial charge in [0, 0.05) is 12.0 Å². The van der Waals surface area contributed by atoms with E-state index in [4.69, 9.17) is 22.7 Å². The summed E-state index contributed by atoms with van der Waals surface area (Å²) in [6.45, 7) is 2.16. The highest BCUT2D eigenvalue weighted by Crippen LogP contribution is 2.25. The van der Waals surface area contributed by atoms with Gasteiger partial charge in [-0.3, -0.25) is 0 Å². The number of amides is 1. The number of ether oxygens (including phenoxy) is 1. The number of alkyl carbamates (subject to hydrolysis) is 1. The molecule has 1 saturated carbocycles. The van der Waals surface area contributed by atoms with Gasteiger partial charge in [0.2, 0.25) is 0 Å². The molecule has 2 unspecified atom stereocenters. The molecule has 0 radical (unpaired) electrons. The molecule has 2 atom stereocenters. The van der Waals surface area contributed by atoms with Gasteiger partial charge >= 0.3 is 6.09 Å². The highest BCUT2D eigenvalue weighted by atomic mass is 32.1. The van der Waals surface area contributed by atoms with Crippen molar-refractivity contribution < 1.29 is 9.53 Å². The van der Waals surface area contributed by atoms with Gasteiger partial charge in [-0.2, -0.15) is 0 Å². The zero-order valence-corrected chi connectivity index (χ0v) is 9.10. The summed E-state index contributed by atoms with van der Waals surface area (Å²) in [4.78, 5) is 11.6. The average Bonchev–Trinajstić information content (AvgIpc) is 2.52. The highest BCUT2D eigenvalue weighted by molar-refractivity contribution is 7.80. The summed E-state index contributed by atoms with van der Waals surface area (Å²) in [7, 11) is 0. The molecular formula is C9H16N2O2S. The molecule has 0 aromatic carbocycles. The molecule has 1 aliphatic carbocycles. The molecule has 1 rings (SSSR count). The molecule has 0 aromatic heterocycles. The molecular weight excluding hydrogens is 200 g/mol. The van der Waals surface area contributed by atoms with Crippen LogP contribution in [-0.4, -0.2) is 23.7 Å². The Balaban J connectivity index is 2.43. The van der Waals surface area contributed by atoms with E-state index in [1.165, 1.54) is 0 Å². The smallest absolute Gasteiger partial charge is 0.407 e. The Labute approximate surface area is 89.2 Å². The molecule has 1 amide bonds. The third kappa shape index (κ3) is 2.83. The van der Waals surface area contributed by atoms with Crippen LogP contribution in [0.1, 0.15) is 26.2 Å². The van der Waals surface area contributed by atoms with Gasteiger partial charge in [-0.25, -0.2) is 4.79 Å². The van der Waals surface area contributed by atoms with Crippen LogP contribution >= 0.6 is 12.2 Å². The number of carbonyl (C=O) groups is 1. The molecule has 0 spiro atoms. The summed E-state index contributed by atoms with van der Waals surface area (Å²) in [6.07, 6.45) is 2.58. The third-order valence-corrected chi connectivity index (χ3v) is 2.76. The minimum atomic E-state index is -0.374. The van der Waals surface area contributed by atoms with Gasteiger partial charge in [0.25, 0.3) is 0 Å². The third-order valence-electron chi connectivity index (χ3n) is 2.46. The highest BCUT2D eigenvalue weighted by Gasteiger charge is 2.30. The summed E-state index contributed by atoms with van der Waals surface area (Å²) in [5.41, 5.74) is 5.58. The quantitative estimate of drug-likeness (QED) is 0.695. The van der Waals surface area contributed by atoms with Crippen molar-refractivity contribution in [1.82, 2.24) is 5.32 Å². The maximum absolute atomic E-state index is 11.1.